The Morgan fingerprint density at radius 3 is 2.39 bits per heavy atom. The molecule has 0 atom stereocenters. The minimum Gasteiger partial charge on any atom is -0.322 e. The smallest absolute Gasteiger partial charge is 0.255 e. The van der Waals surface area contributed by atoms with Gasteiger partial charge in [0.05, 0.1) is 5.52 Å². The van der Waals surface area contributed by atoms with Crippen LogP contribution in [-0.4, -0.2) is 53.5 Å². The lowest BCUT2D eigenvalue weighted by molar-refractivity contribution is 0.102. The van der Waals surface area contributed by atoms with Gasteiger partial charge in [0.1, 0.15) is 5.82 Å². The number of aromatic nitrogens is 1. The van der Waals surface area contributed by atoms with E-state index in [4.69, 9.17) is 0 Å². The maximum Gasteiger partial charge on any atom is 0.255 e. The van der Waals surface area contributed by atoms with E-state index in [1.807, 2.05) is 48.5 Å². The lowest BCUT2D eigenvalue weighted by Gasteiger charge is -2.32. The number of carbonyl (C=O) groups is 1. The largest absolute Gasteiger partial charge is 0.322 e. The summed E-state index contributed by atoms with van der Waals surface area (Å²) in [5.41, 5.74) is 4.41. The molecule has 1 N–H and O–H groups in total. The average Bonchev–Trinajstić information content (AvgIpc) is 3.19. The van der Waals surface area contributed by atoms with Crippen molar-refractivity contribution in [1.82, 2.24) is 14.4 Å². The highest BCUT2D eigenvalue weighted by molar-refractivity contribution is 6.04. The minimum atomic E-state index is -0.223. The van der Waals surface area contributed by atoms with E-state index in [1.165, 1.54) is 6.07 Å². The fourth-order valence-corrected chi connectivity index (χ4v) is 4.36. The second-order valence-electron chi connectivity index (χ2n) is 8.63. The highest BCUT2D eigenvalue weighted by Crippen LogP contribution is 2.28. The van der Waals surface area contributed by atoms with Crippen molar-refractivity contribution < 1.29 is 9.18 Å². The van der Waals surface area contributed by atoms with Crippen LogP contribution >= 0.6 is 0 Å². The number of benzene rings is 3. The molecule has 0 bridgehead atoms. The van der Waals surface area contributed by atoms with Gasteiger partial charge in [0.15, 0.2) is 0 Å². The first kappa shape index (κ1) is 21.4. The van der Waals surface area contributed by atoms with Gasteiger partial charge < -0.3 is 14.8 Å². The zero-order chi connectivity index (χ0) is 22.8. The van der Waals surface area contributed by atoms with Gasteiger partial charge in [0, 0.05) is 61.2 Å². The van der Waals surface area contributed by atoms with Crippen LogP contribution in [-0.2, 0) is 6.54 Å². The molecule has 1 saturated heterocycles. The third kappa shape index (κ3) is 4.67. The number of carbonyl (C=O) groups excluding carboxylic acids is 1. The normalized spacial score (nSPS) is 15.1. The van der Waals surface area contributed by atoms with E-state index in [1.54, 1.807) is 18.2 Å². The van der Waals surface area contributed by atoms with Crippen molar-refractivity contribution in [2.75, 3.05) is 38.5 Å². The maximum atomic E-state index is 14.1. The van der Waals surface area contributed by atoms with Crippen LogP contribution < -0.4 is 5.32 Å². The molecule has 1 amide bonds. The molecule has 1 aliphatic rings. The van der Waals surface area contributed by atoms with E-state index in [2.05, 4.69) is 32.9 Å². The summed E-state index contributed by atoms with van der Waals surface area (Å²) < 4.78 is 16.2. The molecule has 0 unspecified atom stereocenters. The van der Waals surface area contributed by atoms with Crippen LogP contribution in [0.15, 0.2) is 79.0 Å². The number of hydrogen-bond acceptors (Lipinski definition) is 3. The van der Waals surface area contributed by atoms with Crippen molar-refractivity contribution in [2.24, 2.45) is 0 Å². The zero-order valence-corrected chi connectivity index (χ0v) is 18.7. The number of hydrogen-bond donors (Lipinski definition) is 1. The number of rotatable bonds is 5. The second kappa shape index (κ2) is 9.17. The molecule has 0 spiro atoms. The van der Waals surface area contributed by atoms with Gasteiger partial charge in [0.2, 0.25) is 0 Å². The lowest BCUT2D eigenvalue weighted by Crippen LogP contribution is -2.43. The summed E-state index contributed by atoms with van der Waals surface area (Å²) in [6.07, 6.45) is 2.11. The topological polar surface area (TPSA) is 40.5 Å². The first-order valence-corrected chi connectivity index (χ1v) is 11.2. The van der Waals surface area contributed by atoms with Crippen LogP contribution in [0.5, 0.6) is 0 Å². The van der Waals surface area contributed by atoms with Crippen LogP contribution in [0, 0.1) is 5.82 Å². The molecule has 0 aliphatic carbocycles. The molecule has 5 rings (SSSR count). The molecule has 33 heavy (non-hydrogen) atoms. The van der Waals surface area contributed by atoms with E-state index in [-0.39, 0.29) is 11.7 Å². The van der Waals surface area contributed by atoms with Crippen LogP contribution in [0.1, 0.15) is 15.9 Å². The highest BCUT2D eigenvalue weighted by Gasteiger charge is 2.18. The highest BCUT2D eigenvalue weighted by atomic mass is 19.1. The Balaban J connectivity index is 1.40. The number of anilines is 1. The van der Waals surface area contributed by atoms with Gasteiger partial charge in [-0.15, -0.1) is 0 Å². The second-order valence-corrected chi connectivity index (χ2v) is 8.63. The maximum absolute atomic E-state index is 14.1. The summed E-state index contributed by atoms with van der Waals surface area (Å²) in [5.74, 6) is -0.362. The Labute approximate surface area is 193 Å². The Morgan fingerprint density at radius 2 is 1.67 bits per heavy atom. The van der Waals surface area contributed by atoms with Crippen LogP contribution in [0.4, 0.5) is 10.1 Å². The monoisotopic (exact) mass is 442 g/mol. The van der Waals surface area contributed by atoms with Gasteiger partial charge in [-0.25, -0.2) is 4.39 Å². The molecule has 0 saturated carbocycles. The van der Waals surface area contributed by atoms with Crippen molar-refractivity contribution in [2.45, 2.75) is 6.54 Å². The van der Waals surface area contributed by atoms with Gasteiger partial charge in [-0.2, -0.15) is 0 Å². The van der Waals surface area contributed by atoms with Crippen molar-refractivity contribution in [3.05, 3.63) is 95.9 Å². The fourth-order valence-electron chi connectivity index (χ4n) is 4.36. The first-order chi connectivity index (χ1) is 16.1. The van der Waals surface area contributed by atoms with Crippen molar-refractivity contribution in [1.29, 1.82) is 0 Å². The van der Waals surface area contributed by atoms with Crippen LogP contribution in [0.3, 0.4) is 0 Å². The SMILES string of the molecule is CN1CCN(Cc2cn(-c3ccc(NC(=O)c4ccccc4)cc3)c3ccc(F)cc23)CC1. The van der Waals surface area contributed by atoms with Crippen molar-refractivity contribution in [3.63, 3.8) is 0 Å². The number of piperazine rings is 1. The average molecular weight is 443 g/mol. The number of nitrogens with one attached hydrogen (secondary N) is 1. The minimum absolute atomic E-state index is 0.139. The predicted octanol–water partition coefficient (Wildman–Crippen LogP) is 4.77. The molecule has 168 valence electrons. The van der Waals surface area contributed by atoms with E-state index in [0.29, 0.717) is 5.56 Å². The Bertz CT molecular complexity index is 1260. The van der Waals surface area contributed by atoms with E-state index in [0.717, 1.165) is 60.6 Å². The summed E-state index contributed by atoms with van der Waals surface area (Å²) >= 11 is 0. The summed E-state index contributed by atoms with van der Waals surface area (Å²) in [5, 5.41) is 3.88. The summed E-state index contributed by atoms with van der Waals surface area (Å²) in [7, 11) is 2.14. The third-order valence-electron chi connectivity index (χ3n) is 6.28. The molecule has 1 aliphatic heterocycles. The van der Waals surface area contributed by atoms with Gasteiger partial charge in [-0.05, 0) is 67.2 Å². The van der Waals surface area contributed by atoms with Crippen LogP contribution in [0.2, 0.25) is 0 Å². The number of amides is 1. The molecule has 1 fully saturated rings. The summed E-state index contributed by atoms with van der Waals surface area (Å²) in [4.78, 5) is 17.2. The molecule has 2 heterocycles. The molecular weight excluding hydrogens is 415 g/mol. The zero-order valence-electron chi connectivity index (χ0n) is 18.7. The number of halogens is 1. The summed E-state index contributed by atoms with van der Waals surface area (Å²) in [6, 6.07) is 21.9. The van der Waals surface area contributed by atoms with E-state index < -0.39 is 0 Å². The fraction of sp³-hybridized carbons (Fsp3) is 0.222. The van der Waals surface area contributed by atoms with Crippen molar-refractivity contribution in [3.8, 4) is 5.69 Å². The van der Waals surface area contributed by atoms with Crippen molar-refractivity contribution >= 4 is 22.5 Å². The van der Waals surface area contributed by atoms with Gasteiger partial charge >= 0.3 is 0 Å². The molecule has 1 aromatic heterocycles. The molecule has 0 radical (unpaired) electrons. The van der Waals surface area contributed by atoms with E-state index in [9.17, 15) is 9.18 Å². The number of likely N-dealkylation sites (N-methyl/N-ethyl adjacent to an activating group) is 1. The molecule has 3 aromatic carbocycles. The van der Waals surface area contributed by atoms with Crippen LogP contribution in [0.25, 0.3) is 16.6 Å². The number of fused-ring (bicyclic) bond motifs is 1. The molecule has 4 aromatic rings. The van der Waals surface area contributed by atoms with Gasteiger partial charge in [0.25, 0.3) is 5.91 Å². The standard InChI is InChI=1S/C27H27FN4O/c1-30-13-15-31(16-14-30)18-21-19-32(26-12-7-22(28)17-25(21)26)24-10-8-23(9-11-24)29-27(33)20-5-3-2-4-6-20/h2-12,17,19H,13-16,18H2,1H3,(H,29,33). The quantitative estimate of drug-likeness (QED) is 0.484. The molecule has 5 nitrogen and oxygen atoms in total. The Kier molecular flexibility index (Phi) is 5.94. The van der Waals surface area contributed by atoms with Gasteiger partial charge in [-0.1, -0.05) is 18.2 Å². The Hall–Kier alpha value is -3.48. The van der Waals surface area contributed by atoms with Gasteiger partial charge in [-0.3, -0.25) is 9.69 Å². The summed E-state index contributed by atoms with van der Waals surface area (Å²) in [6.45, 7) is 4.90. The lowest BCUT2D eigenvalue weighted by atomic mass is 10.1. The number of nitrogens with zero attached hydrogens (tertiary/aromatic N) is 3. The predicted molar refractivity (Wildman–Crippen MR) is 130 cm³/mol. The Morgan fingerprint density at radius 1 is 0.939 bits per heavy atom. The molecule has 6 heteroatoms. The van der Waals surface area contributed by atoms with E-state index >= 15 is 0 Å². The first-order valence-electron chi connectivity index (χ1n) is 11.2. The third-order valence-corrected chi connectivity index (χ3v) is 6.28. The molecular formula is C27H27FN4O.